The van der Waals surface area contributed by atoms with Crippen molar-refractivity contribution in [2.45, 2.75) is 33.2 Å². The number of rotatable bonds is 6. The zero-order chi connectivity index (χ0) is 17.1. The lowest BCUT2D eigenvalue weighted by Gasteiger charge is -2.14. The average molecular weight is 324 g/mol. The number of nitrogens with two attached hydrogens (primary N) is 1. The molecule has 24 heavy (non-hydrogen) atoms. The Morgan fingerprint density at radius 2 is 2.00 bits per heavy atom. The van der Waals surface area contributed by atoms with Crippen molar-refractivity contribution < 1.29 is 9.53 Å². The predicted octanol–water partition coefficient (Wildman–Crippen LogP) is 3.60. The van der Waals surface area contributed by atoms with E-state index in [4.69, 9.17) is 10.5 Å². The first kappa shape index (κ1) is 16.4. The number of nitrogen functional groups attached to an aromatic ring is 1. The van der Waals surface area contributed by atoms with Crippen LogP contribution in [0.2, 0.25) is 0 Å². The summed E-state index contributed by atoms with van der Waals surface area (Å²) in [5, 5.41) is 2.97. The smallest absolute Gasteiger partial charge is 0.251 e. The molecule has 1 aliphatic carbocycles. The van der Waals surface area contributed by atoms with Crippen LogP contribution in [0.15, 0.2) is 36.4 Å². The maximum absolute atomic E-state index is 12.4. The Hall–Kier alpha value is -2.49. The number of nitrogens with one attached hydrogen (secondary N) is 1. The molecule has 0 unspecified atom stereocenters. The third-order valence-electron chi connectivity index (χ3n) is 4.34. The Morgan fingerprint density at radius 3 is 2.75 bits per heavy atom. The monoisotopic (exact) mass is 324 g/mol. The van der Waals surface area contributed by atoms with Crippen LogP contribution in [-0.2, 0) is 6.54 Å². The first-order chi connectivity index (χ1) is 11.5. The van der Waals surface area contributed by atoms with Crippen molar-refractivity contribution in [2.24, 2.45) is 5.92 Å². The zero-order valence-electron chi connectivity index (χ0n) is 14.3. The largest absolute Gasteiger partial charge is 0.493 e. The van der Waals surface area contributed by atoms with Crippen LogP contribution in [0.3, 0.4) is 0 Å². The fourth-order valence-electron chi connectivity index (χ4n) is 2.59. The van der Waals surface area contributed by atoms with Crippen LogP contribution in [0.25, 0.3) is 0 Å². The van der Waals surface area contributed by atoms with Gasteiger partial charge in [-0.15, -0.1) is 0 Å². The molecule has 0 atom stereocenters. The van der Waals surface area contributed by atoms with E-state index in [9.17, 15) is 4.79 Å². The van der Waals surface area contributed by atoms with E-state index >= 15 is 0 Å². The van der Waals surface area contributed by atoms with Gasteiger partial charge in [-0.3, -0.25) is 4.79 Å². The Bertz CT molecular complexity index is 751. The lowest BCUT2D eigenvalue weighted by atomic mass is 10.1. The van der Waals surface area contributed by atoms with Gasteiger partial charge < -0.3 is 15.8 Å². The summed E-state index contributed by atoms with van der Waals surface area (Å²) in [5.74, 6) is 1.45. The summed E-state index contributed by atoms with van der Waals surface area (Å²) in [6.45, 7) is 5.15. The van der Waals surface area contributed by atoms with E-state index in [2.05, 4.69) is 5.32 Å². The van der Waals surface area contributed by atoms with Gasteiger partial charge >= 0.3 is 0 Å². The molecule has 0 radical (unpaired) electrons. The molecule has 0 aliphatic heterocycles. The Labute approximate surface area is 143 Å². The van der Waals surface area contributed by atoms with E-state index in [-0.39, 0.29) is 5.91 Å². The fourth-order valence-corrected chi connectivity index (χ4v) is 2.59. The molecule has 0 saturated heterocycles. The van der Waals surface area contributed by atoms with Crippen LogP contribution < -0.4 is 15.8 Å². The van der Waals surface area contributed by atoms with Crippen LogP contribution in [-0.4, -0.2) is 12.5 Å². The lowest BCUT2D eigenvalue weighted by molar-refractivity contribution is 0.0950. The molecule has 0 aromatic heterocycles. The molecule has 0 heterocycles. The lowest BCUT2D eigenvalue weighted by Crippen LogP contribution is -2.24. The van der Waals surface area contributed by atoms with Gasteiger partial charge in [-0.05, 0) is 61.9 Å². The number of anilines is 1. The number of carbonyl (C=O) groups excluding carboxylic acids is 1. The molecule has 1 saturated carbocycles. The van der Waals surface area contributed by atoms with Gasteiger partial charge in [-0.25, -0.2) is 0 Å². The molecule has 1 aliphatic rings. The average Bonchev–Trinajstić information content (AvgIpc) is 3.38. The standard InChI is InChI=1S/C20H24N2O2/c1-13-3-7-16(19(9-13)24-12-15-5-6-15)11-22-20(23)18-10-17(21)8-4-14(18)2/h3-4,7-10,15H,5-6,11-12,21H2,1-2H3,(H,22,23). The molecule has 2 aromatic carbocycles. The van der Waals surface area contributed by atoms with Crippen molar-refractivity contribution in [1.29, 1.82) is 0 Å². The molecule has 3 rings (SSSR count). The SMILES string of the molecule is Cc1ccc(CNC(=O)c2cc(N)ccc2C)c(OCC2CC2)c1. The second-order valence-corrected chi connectivity index (χ2v) is 6.62. The van der Waals surface area contributed by atoms with Crippen molar-refractivity contribution in [2.75, 3.05) is 12.3 Å². The minimum Gasteiger partial charge on any atom is -0.493 e. The van der Waals surface area contributed by atoms with Gasteiger partial charge in [0.15, 0.2) is 0 Å². The third kappa shape index (κ3) is 4.07. The first-order valence-corrected chi connectivity index (χ1v) is 8.39. The maximum Gasteiger partial charge on any atom is 0.251 e. The highest BCUT2D eigenvalue weighted by Crippen LogP contribution is 2.30. The number of benzene rings is 2. The number of carbonyl (C=O) groups is 1. The quantitative estimate of drug-likeness (QED) is 0.798. The van der Waals surface area contributed by atoms with Crippen molar-refractivity contribution in [3.63, 3.8) is 0 Å². The normalized spacial score (nSPS) is 13.6. The molecular weight excluding hydrogens is 300 g/mol. The molecule has 0 bridgehead atoms. The van der Waals surface area contributed by atoms with Crippen LogP contribution in [0.1, 0.15) is 39.9 Å². The number of aryl methyl sites for hydroxylation is 2. The Kier molecular flexibility index (Phi) is 4.74. The molecule has 0 spiro atoms. The Morgan fingerprint density at radius 1 is 1.21 bits per heavy atom. The number of amides is 1. The van der Waals surface area contributed by atoms with Crippen LogP contribution in [0.5, 0.6) is 5.75 Å². The summed E-state index contributed by atoms with van der Waals surface area (Å²) in [4.78, 5) is 12.4. The molecule has 4 heteroatoms. The minimum absolute atomic E-state index is 0.117. The van der Waals surface area contributed by atoms with Gasteiger partial charge in [-0.1, -0.05) is 18.2 Å². The highest BCUT2D eigenvalue weighted by molar-refractivity contribution is 5.96. The summed E-state index contributed by atoms with van der Waals surface area (Å²) >= 11 is 0. The molecular formula is C20H24N2O2. The predicted molar refractivity (Wildman–Crippen MR) is 96.2 cm³/mol. The van der Waals surface area contributed by atoms with Crippen LogP contribution >= 0.6 is 0 Å². The summed E-state index contributed by atoms with van der Waals surface area (Å²) in [5.41, 5.74) is 10.1. The summed E-state index contributed by atoms with van der Waals surface area (Å²) in [7, 11) is 0. The van der Waals surface area contributed by atoms with Crippen molar-refractivity contribution >= 4 is 11.6 Å². The summed E-state index contributed by atoms with van der Waals surface area (Å²) < 4.78 is 5.95. The second kappa shape index (κ2) is 6.95. The molecule has 126 valence electrons. The molecule has 4 nitrogen and oxygen atoms in total. The van der Waals surface area contributed by atoms with Gasteiger partial charge in [0.1, 0.15) is 5.75 Å². The minimum atomic E-state index is -0.117. The van der Waals surface area contributed by atoms with Gasteiger partial charge in [-0.2, -0.15) is 0 Å². The first-order valence-electron chi connectivity index (χ1n) is 8.39. The van der Waals surface area contributed by atoms with Crippen molar-refractivity contribution in [1.82, 2.24) is 5.32 Å². The number of hydrogen-bond acceptors (Lipinski definition) is 3. The van der Waals surface area contributed by atoms with E-state index in [1.165, 1.54) is 12.8 Å². The molecule has 1 fully saturated rings. The van der Waals surface area contributed by atoms with Gasteiger partial charge in [0, 0.05) is 23.4 Å². The molecule has 2 aromatic rings. The highest BCUT2D eigenvalue weighted by atomic mass is 16.5. The van der Waals surface area contributed by atoms with Crippen LogP contribution in [0.4, 0.5) is 5.69 Å². The highest BCUT2D eigenvalue weighted by Gasteiger charge is 2.22. The molecule has 1 amide bonds. The Balaban J connectivity index is 1.68. The summed E-state index contributed by atoms with van der Waals surface area (Å²) in [6, 6.07) is 11.5. The van der Waals surface area contributed by atoms with E-state index in [0.717, 1.165) is 29.0 Å². The molecule has 3 N–H and O–H groups in total. The zero-order valence-corrected chi connectivity index (χ0v) is 14.3. The third-order valence-corrected chi connectivity index (χ3v) is 4.34. The fraction of sp³-hybridized carbons (Fsp3) is 0.350. The van der Waals surface area contributed by atoms with E-state index in [0.29, 0.717) is 23.7 Å². The second-order valence-electron chi connectivity index (χ2n) is 6.62. The topological polar surface area (TPSA) is 64.4 Å². The van der Waals surface area contributed by atoms with Gasteiger partial charge in [0.25, 0.3) is 5.91 Å². The maximum atomic E-state index is 12.4. The number of ether oxygens (including phenoxy) is 1. The van der Waals surface area contributed by atoms with E-state index < -0.39 is 0 Å². The summed E-state index contributed by atoms with van der Waals surface area (Å²) in [6.07, 6.45) is 2.51. The van der Waals surface area contributed by atoms with Crippen LogP contribution in [0, 0.1) is 19.8 Å². The number of hydrogen-bond donors (Lipinski definition) is 2. The van der Waals surface area contributed by atoms with Crippen molar-refractivity contribution in [3.8, 4) is 5.75 Å². The van der Waals surface area contributed by atoms with Gasteiger partial charge in [0.05, 0.1) is 6.61 Å². The van der Waals surface area contributed by atoms with Gasteiger partial charge in [0.2, 0.25) is 0 Å². The van der Waals surface area contributed by atoms with E-state index in [1.54, 1.807) is 12.1 Å². The van der Waals surface area contributed by atoms with E-state index in [1.807, 2.05) is 38.1 Å². The van der Waals surface area contributed by atoms with Crippen molar-refractivity contribution in [3.05, 3.63) is 58.7 Å².